The number of rotatable bonds is 6. The second-order valence-electron chi connectivity index (χ2n) is 7.98. The fourth-order valence-corrected chi connectivity index (χ4v) is 3.76. The van der Waals surface area contributed by atoms with E-state index in [1.54, 1.807) is 7.11 Å². The number of methoxy groups -OCH3 is 1. The number of imidazole rings is 1. The number of nitrogens with zero attached hydrogens (tertiary/aromatic N) is 3. The largest absolute Gasteiger partial charge is 0.497 e. The fraction of sp³-hybridized carbons (Fsp3) is 0.417. The zero-order valence-electron chi connectivity index (χ0n) is 18.3. The lowest BCUT2D eigenvalue weighted by Crippen LogP contribution is -2.43. The van der Waals surface area contributed by atoms with Crippen LogP contribution in [-0.2, 0) is 11.3 Å². The molecule has 0 N–H and O–H groups in total. The molecule has 0 spiro atoms. The number of aromatic nitrogens is 2. The third-order valence-corrected chi connectivity index (χ3v) is 5.42. The second kappa shape index (κ2) is 8.68. The number of hydrogen-bond donors (Lipinski definition) is 0. The Bertz CT molecular complexity index is 936. The summed E-state index contributed by atoms with van der Waals surface area (Å²) in [4.78, 5) is 19.8. The first-order valence-electron chi connectivity index (χ1n) is 10.2. The van der Waals surface area contributed by atoms with Gasteiger partial charge in [-0.15, -0.1) is 0 Å². The maximum Gasteiger partial charge on any atom is 0.243 e. The summed E-state index contributed by atoms with van der Waals surface area (Å²) in [6.45, 7) is 11.6. The molecule has 0 radical (unpaired) electrons. The molecule has 29 heavy (non-hydrogen) atoms. The van der Waals surface area contributed by atoms with Crippen molar-refractivity contribution in [3.8, 4) is 5.75 Å². The Morgan fingerprint density at radius 2 is 1.97 bits per heavy atom. The molecule has 3 rings (SSSR count). The van der Waals surface area contributed by atoms with Gasteiger partial charge in [-0.3, -0.25) is 4.79 Å². The number of hydrogen-bond acceptors (Lipinski definition) is 3. The van der Waals surface area contributed by atoms with E-state index in [9.17, 15) is 4.79 Å². The normalized spacial score (nSPS) is 17.3. The third kappa shape index (κ3) is 4.29. The molecule has 1 amide bonds. The third-order valence-electron chi connectivity index (χ3n) is 5.42. The smallest absolute Gasteiger partial charge is 0.243 e. The lowest BCUT2D eigenvalue weighted by Gasteiger charge is -2.36. The zero-order chi connectivity index (χ0) is 21.1. The van der Waals surface area contributed by atoms with Crippen LogP contribution in [0.5, 0.6) is 5.75 Å². The van der Waals surface area contributed by atoms with Crippen molar-refractivity contribution in [1.29, 1.82) is 0 Å². The first-order chi connectivity index (χ1) is 13.8. The summed E-state index contributed by atoms with van der Waals surface area (Å²) in [5, 5.41) is 0. The summed E-state index contributed by atoms with van der Waals surface area (Å²) >= 11 is 0. The van der Waals surface area contributed by atoms with Gasteiger partial charge in [0.1, 0.15) is 18.1 Å². The van der Waals surface area contributed by atoms with Gasteiger partial charge in [-0.05, 0) is 56.0 Å². The molecular weight excluding hydrogens is 362 g/mol. The quantitative estimate of drug-likeness (QED) is 0.690. The lowest BCUT2D eigenvalue weighted by atomic mass is 10.0. The van der Waals surface area contributed by atoms with E-state index in [1.807, 2.05) is 48.2 Å². The van der Waals surface area contributed by atoms with Gasteiger partial charge in [-0.2, -0.15) is 0 Å². The van der Waals surface area contributed by atoms with Crippen LogP contribution in [0.2, 0.25) is 0 Å². The molecule has 2 heterocycles. The summed E-state index contributed by atoms with van der Waals surface area (Å²) in [6, 6.07) is 7.88. The predicted molar refractivity (Wildman–Crippen MR) is 118 cm³/mol. The van der Waals surface area contributed by atoms with Crippen molar-refractivity contribution in [3.63, 3.8) is 0 Å². The van der Waals surface area contributed by atoms with Crippen LogP contribution in [0.15, 0.2) is 30.3 Å². The van der Waals surface area contributed by atoms with Crippen molar-refractivity contribution >= 4 is 23.6 Å². The minimum Gasteiger partial charge on any atom is -0.497 e. The Hall–Kier alpha value is -2.82. The molecule has 1 atom stereocenters. The highest BCUT2D eigenvalue weighted by Crippen LogP contribution is 2.34. The van der Waals surface area contributed by atoms with E-state index >= 15 is 0 Å². The van der Waals surface area contributed by atoms with E-state index in [2.05, 4.69) is 38.3 Å². The monoisotopic (exact) mass is 393 g/mol. The van der Waals surface area contributed by atoms with Gasteiger partial charge in [0.15, 0.2) is 0 Å². The van der Waals surface area contributed by atoms with Crippen LogP contribution in [0.25, 0.3) is 17.7 Å². The molecule has 1 aromatic carbocycles. The van der Waals surface area contributed by atoms with Crippen molar-refractivity contribution in [3.05, 3.63) is 53.1 Å². The highest BCUT2D eigenvalue weighted by molar-refractivity contribution is 5.80. The second-order valence-corrected chi connectivity index (χ2v) is 7.98. The minimum absolute atomic E-state index is 0.000753. The van der Waals surface area contributed by atoms with Crippen molar-refractivity contribution in [2.45, 2.75) is 47.2 Å². The van der Waals surface area contributed by atoms with Gasteiger partial charge in [0, 0.05) is 6.54 Å². The van der Waals surface area contributed by atoms with E-state index in [0.717, 1.165) is 40.6 Å². The van der Waals surface area contributed by atoms with Crippen LogP contribution in [0, 0.1) is 5.92 Å². The maximum absolute atomic E-state index is 12.9. The molecule has 154 valence electrons. The average molecular weight is 394 g/mol. The Morgan fingerprint density at radius 3 is 2.55 bits per heavy atom. The molecule has 0 fully saturated rings. The van der Waals surface area contributed by atoms with Crippen molar-refractivity contribution < 1.29 is 9.53 Å². The molecule has 1 aromatic heterocycles. The predicted octanol–water partition coefficient (Wildman–Crippen LogP) is 5.04. The molecule has 2 aromatic rings. The van der Waals surface area contributed by atoms with Gasteiger partial charge in [0.25, 0.3) is 0 Å². The molecular formula is C24H31N3O2. The summed E-state index contributed by atoms with van der Waals surface area (Å²) in [5.74, 6) is 2.23. The molecule has 1 aliphatic rings. The summed E-state index contributed by atoms with van der Waals surface area (Å²) in [5.41, 5.74) is 4.29. The number of carbonyl (C=O) groups is 1. The topological polar surface area (TPSA) is 47.4 Å². The summed E-state index contributed by atoms with van der Waals surface area (Å²) < 4.78 is 7.30. The average Bonchev–Trinajstić information content (AvgIpc) is 3.07. The Balaban J connectivity index is 2.02. The number of allylic oxidation sites excluding steroid dienone is 2. The molecule has 1 aliphatic heterocycles. The minimum atomic E-state index is -0.000753. The van der Waals surface area contributed by atoms with Gasteiger partial charge in [-0.1, -0.05) is 38.1 Å². The number of fused-ring (bicyclic) bond motifs is 1. The molecule has 1 unspecified atom stereocenters. The molecule has 0 saturated carbocycles. The van der Waals surface area contributed by atoms with Crippen LogP contribution in [0.1, 0.15) is 63.4 Å². The molecule has 0 aliphatic carbocycles. The summed E-state index contributed by atoms with van der Waals surface area (Å²) in [7, 11) is 1.66. The lowest BCUT2D eigenvalue weighted by molar-refractivity contribution is -0.136. The van der Waals surface area contributed by atoms with Gasteiger partial charge >= 0.3 is 0 Å². The van der Waals surface area contributed by atoms with E-state index in [-0.39, 0.29) is 11.9 Å². The Labute approximate surface area is 173 Å². The molecule has 0 bridgehead atoms. The van der Waals surface area contributed by atoms with Crippen LogP contribution >= 0.6 is 0 Å². The van der Waals surface area contributed by atoms with E-state index in [1.165, 1.54) is 0 Å². The van der Waals surface area contributed by atoms with E-state index in [4.69, 9.17) is 9.72 Å². The van der Waals surface area contributed by atoms with Crippen LogP contribution in [-0.4, -0.2) is 34.0 Å². The van der Waals surface area contributed by atoms with Gasteiger partial charge in [0.05, 0.1) is 24.5 Å². The van der Waals surface area contributed by atoms with Gasteiger partial charge < -0.3 is 14.2 Å². The van der Waals surface area contributed by atoms with Gasteiger partial charge in [-0.25, -0.2) is 4.98 Å². The van der Waals surface area contributed by atoms with Gasteiger partial charge in [0.2, 0.25) is 5.91 Å². The SMILES string of the molecule is C/C=C(\C)c1nc(/C=C/c2ccc(OC)cc2)n2c1C(C)N(CC(C)C)C(=O)C2. The van der Waals surface area contributed by atoms with Crippen molar-refractivity contribution in [2.24, 2.45) is 5.92 Å². The van der Waals surface area contributed by atoms with Crippen molar-refractivity contribution in [2.75, 3.05) is 13.7 Å². The first-order valence-corrected chi connectivity index (χ1v) is 10.2. The van der Waals surface area contributed by atoms with Crippen LogP contribution in [0.4, 0.5) is 0 Å². The van der Waals surface area contributed by atoms with Crippen LogP contribution in [0.3, 0.4) is 0 Å². The molecule has 5 nitrogen and oxygen atoms in total. The Kier molecular flexibility index (Phi) is 6.26. The number of carbonyl (C=O) groups excluding carboxylic acids is 1. The molecule has 0 saturated heterocycles. The molecule has 5 heteroatoms. The number of benzene rings is 1. The van der Waals surface area contributed by atoms with Crippen LogP contribution < -0.4 is 4.74 Å². The fourth-order valence-electron chi connectivity index (χ4n) is 3.76. The highest BCUT2D eigenvalue weighted by Gasteiger charge is 2.34. The number of amides is 1. The Morgan fingerprint density at radius 1 is 1.28 bits per heavy atom. The van der Waals surface area contributed by atoms with E-state index in [0.29, 0.717) is 12.5 Å². The van der Waals surface area contributed by atoms with Crippen molar-refractivity contribution in [1.82, 2.24) is 14.5 Å². The number of ether oxygens (including phenoxy) is 1. The maximum atomic E-state index is 12.9. The highest BCUT2D eigenvalue weighted by atomic mass is 16.5. The van der Waals surface area contributed by atoms with E-state index < -0.39 is 0 Å². The standard InChI is InChI=1S/C24H31N3O2/c1-7-17(4)23-24-18(5)26(14-16(2)3)22(28)15-27(24)21(25-23)13-10-19-8-11-20(29-6)12-9-19/h7-13,16,18H,14-15H2,1-6H3/b13-10+,17-7+. The summed E-state index contributed by atoms with van der Waals surface area (Å²) in [6.07, 6.45) is 6.10. The zero-order valence-corrected chi connectivity index (χ0v) is 18.3. The first kappa shape index (κ1) is 20.9.